The Hall–Kier alpha value is -1.84. The summed E-state index contributed by atoms with van der Waals surface area (Å²) in [5, 5.41) is 7.19. The first-order valence-electron chi connectivity index (χ1n) is 7.57. The van der Waals surface area contributed by atoms with E-state index in [9.17, 15) is 0 Å². The van der Waals surface area contributed by atoms with Gasteiger partial charge in [0.2, 0.25) is 0 Å². The third kappa shape index (κ3) is 3.83. The highest BCUT2D eigenvalue weighted by Gasteiger charge is 2.13. The van der Waals surface area contributed by atoms with Crippen LogP contribution < -0.4 is 5.73 Å². The van der Waals surface area contributed by atoms with E-state index < -0.39 is 0 Å². The number of hydrogen-bond donors (Lipinski definition) is 2. The van der Waals surface area contributed by atoms with E-state index in [0.717, 1.165) is 23.4 Å². The molecular formula is C16H24N4. The molecule has 2 heterocycles. The van der Waals surface area contributed by atoms with Crippen LogP contribution in [0, 0.1) is 0 Å². The Morgan fingerprint density at radius 1 is 1.10 bits per heavy atom. The number of anilines is 1. The zero-order chi connectivity index (χ0) is 14.2. The van der Waals surface area contributed by atoms with Crippen LogP contribution in [0.2, 0.25) is 0 Å². The maximum atomic E-state index is 5.96. The van der Waals surface area contributed by atoms with Crippen molar-refractivity contribution in [1.29, 1.82) is 0 Å². The number of unbranched alkanes of at least 4 members (excludes halogenated alkanes) is 5. The lowest BCUT2D eigenvalue weighted by Crippen LogP contribution is -1.93. The minimum Gasteiger partial charge on any atom is -0.382 e. The van der Waals surface area contributed by atoms with Crippen LogP contribution in [0.1, 0.15) is 51.1 Å². The van der Waals surface area contributed by atoms with Gasteiger partial charge in [-0.05, 0) is 25.0 Å². The summed E-state index contributed by atoms with van der Waals surface area (Å²) in [4.78, 5) is 4.37. The summed E-state index contributed by atoms with van der Waals surface area (Å²) in [5.74, 6) is 0.546. The van der Waals surface area contributed by atoms with Crippen molar-refractivity contribution in [2.24, 2.45) is 0 Å². The lowest BCUT2D eigenvalue weighted by Gasteiger charge is -2.04. The number of nitrogens with zero attached hydrogens (tertiary/aromatic N) is 2. The summed E-state index contributed by atoms with van der Waals surface area (Å²) >= 11 is 0. The molecule has 0 unspecified atom stereocenters. The maximum Gasteiger partial charge on any atom is 0.154 e. The summed E-state index contributed by atoms with van der Waals surface area (Å²) in [6.45, 7) is 2.24. The van der Waals surface area contributed by atoms with Gasteiger partial charge in [0, 0.05) is 11.9 Å². The van der Waals surface area contributed by atoms with Crippen molar-refractivity contribution in [1.82, 2.24) is 15.2 Å². The highest BCUT2D eigenvalue weighted by Crippen LogP contribution is 2.27. The van der Waals surface area contributed by atoms with Gasteiger partial charge in [-0.25, -0.2) is 0 Å². The van der Waals surface area contributed by atoms with Crippen LogP contribution in [0.25, 0.3) is 11.3 Å². The van der Waals surface area contributed by atoms with Gasteiger partial charge in [0.15, 0.2) is 5.82 Å². The van der Waals surface area contributed by atoms with Crippen molar-refractivity contribution in [3.8, 4) is 11.3 Å². The Labute approximate surface area is 120 Å². The van der Waals surface area contributed by atoms with Gasteiger partial charge in [-0.1, -0.05) is 45.1 Å². The van der Waals surface area contributed by atoms with E-state index >= 15 is 0 Å². The molecule has 2 rings (SSSR count). The number of pyridine rings is 1. The highest BCUT2D eigenvalue weighted by molar-refractivity contribution is 5.73. The quantitative estimate of drug-likeness (QED) is 0.715. The summed E-state index contributed by atoms with van der Waals surface area (Å²) in [6.07, 6.45) is 10.5. The van der Waals surface area contributed by atoms with Crippen LogP contribution in [0.15, 0.2) is 24.4 Å². The summed E-state index contributed by atoms with van der Waals surface area (Å²) < 4.78 is 0. The van der Waals surface area contributed by atoms with Crippen LogP contribution in [-0.2, 0) is 6.42 Å². The van der Waals surface area contributed by atoms with E-state index in [4.69, 9.17) is 5.73 Å². The fourth-order valence-electron chi connectivity index (χ4n) is 2.45. The second kappa shape index (κ2) is 7.68. The second-order valence-corrected chi connectivity index (χ2v) is 5.20. The Morgan fingerprint density at radius 3 is 2.65 bits per heavy atom. The number of aromatic amines is 1. The number of aryl methyl sites for hydroxylation is 1. The average Bonchev–Trinajstić information content (AvgIpc) is 2.84. The van der Waals surface area contributed by atoms with Crippen molar-refractivity contribution in [3.05, 3.63) is 30.1 Å². The van der Waals surface area contributed by atoms with Gasteiger partial charge in [-0.2, -0.15) is 5.10 Å². The molecule has 2 aromatic rings. The van der Waals surface area contributed by atoms with Gasteiger partial charge in [0.05, 0.1) is 11.3 Å². The maximum absolute atomic E-state index is 5.96. The van der Waals surface area contributed by atoms with Crippen LogP contribution in [0.5, 0.6) is 0 Å². The number of nitrogens with one attached hydrogen (secondary N) is 1. The molecule has 0 atom stereocenters. The topological polar surface area (TPSA) is 67.6 Å². The second-order valence-electron chi connectivity index (χ2n) is 5.20. The third-order valence-corrected chi connectivity index (χ3v) is 3.57. The average molecular weight is 272 g/mol. The fourth-order valence-corrected chi connectivity index (χ4v) is 2.45. The summed E-state index contributed by atoms with van der Waals surface area (Å²) in [5.41, 5.74) is 8.94. The number of nitrogens with two attached hydrogens (primary N) is 1. The molecule has 0 fully saturated rings. The monoisotopic (exact) mass is 272 g/mol. The molecule has 2 aromatic heterocycles. The molecule has 4 heteroatoms. The molecule has 0 saturated heterocycles. The van der Waals surface area contributed by atoms with Crippen LogP contribution in [0.4, 0.5) is 5.82 Å². The standard InChI is InChI=1S/C16H24N4/c1-2-3-4-5-6-7-11-14-15(16(17)20-19-14)13-10-8-9-12-18-13/h8-10,12H,2-7,11H2,1H3,(H3,17,19,20). The van der Waals surface area contributed by atoms with Crippen LogP contribution in [-0.4, -0.2) is 15.2 Å². The Kier molecular flexibility index (Phi) is 5.59. The zero-order valence-electron chi connectivity index (χ0n) is 12.2. The van der Waals surface area contributed by atoms with Gasteiger partial charge < -0.3 is 5.73 Å². The molecule has 108 valence electrons. The SMILES string of the molecule is CCCCCCCCc1[nH]nc(N)c1-c1ccccn1. The molecule has 0 amide bonds. The van der Waals surface area contributed by atoms with Crippen molar-refractivity contribution in [2.75, 3.05) is 5.73 Å². The predicted molar refractivity (Wildman–Crippen MR) is 83.3 cm³/mol. The van der Waals surface area contributed by atoms with Crippen LogP contribution in [0.3, 0.4) is 0 Å². The Bertz CT molecular complexity index is 504. The Balaban J connectivity index is 1.93. The van der Waals surface area contributed by atoms with Gasteiger partial charge in [-0.3, -0.25) is 10.1 Å². The van der Waals surface area contributed by atoms with Crippen molar-refractivity contribution in [3.63, 3.8) is 0 Å². The van der Waals surface area contributed by atoms with Gasteiger partial charge in [0.1, 0.15) is 0 Å². The van der Waals surface area contributed by atoms with Crippen molar-refractivity contribution >= 4 is 5.82 Å². The number of hydrogen-bond acceptors (Lipinski definition) is 3. The van der Waals surface area contributed by atoms with Gasteiger partial charge in [-0.15, -0.1) is 0 Å². The van der Waals surface area contributed by atoms with Crippen LogP contribution >= 0.6 is 0 Å². The predicted octanol–water partition coefficient (Wildman–Crippen LogP) is 3.96. The van der Waals surface area contributed by atoms with Gasteiger partial charge in [0.25, 0.3) is 0 Å². The van der Waals surface area contributed by atoms with Crippen molar-refractivity contribution < 1.29 is 0 Å². The van der Waals surface area contributed by atoms with E-state index in [0.29, 0.717) is 5.82 Å². The molecule has 0 aliphatic rings. The zero-order valence-corrected chi connectivity index (χ0v) is 12.2. The van der Waals surface area contributed by atoms with E-state index in [1.165, 1.54) is 38.5 Å². The molecule has 0 spiro atoms. The molecule has 0 bridgehead atoms. The normalized spacial score (nSPS) is 10.8. The van der Waals surface area contributed by atoms with E-state index in [-0.39, 0.29) is 0 Å². The number of rotatable bonds is 8. The first-order valence-corrected chi connectivity index (χ1v) is 7.57. The molecule has 0 aliphatic carbocycles. The molecule has 0 saturated carbocycles. The molecule has 20 heavy (non-hydrogen) atoms. The minimum atomic E-state index is 0.546. The third-order valence-electron chi connectivity index (χ3n) is 3.57. The van der Waals surface area contributed by atoms with Gasteiger partial charge >= 0.3 is 0 Å². The number of aromatic nitrogens is 3. The smallest absolute Gasteiger partial charge is 0.154 e. The summed E-state index contributed by atoms with van der Waals surface area (Å²) in [7, 11) is 0. The fraction of sp³-hybridized carbons (Fsp3) is 0.500. The molecule has 0 aliphatic heterocycles. The van der Waals surface area contributed by atoms with E-state index in [1.807, 2.05) is 18.2 Å². The molecule has 0 aromatic carbocycles. The Morgan fingerprint density at radius 2 is 1.90 bits per heavy atom. The van der Waals surface area contributed by atoms with Crippen molar-refractivity contribution in [2.45, 2.75) is 51.9 Å². The molecule has 4 nitrogen and oxygen atoms in total. The lowest BCUT2D eigenvalue weighted by molar-refractivity contribution is 0.604. The highest BCUT2D eigenvalue weighted by atomic mass is 15.2. The molecule has 0 radical (unpaired) electrons. The molecule has 3 N–H and O–H groups in total. The minimum absolute atomic E-state index is 0.546. The first-order chi connectivity index (χ1) is 9.83. The first kappa shape index (κ1) is 14.6. The number of nitrogen functional groups attached to an aromatic ring is 1. The van der Waals surface area contributed by atoms with E-state index in [1.54, 1.807) is 6.20 Å². The van der Waals surface area contributed by atoms with E-state index in [2.05, 4.69) is 22.1 Å². The molecular weight excluding hydrogens is 248 g/mol. The number of H-pyrrole nitrogens is 1. The lowest BCUT2D eigenvalue weighted by atomic mass is 10.0. The largest absolute Gasteiger partial charge is 0.382 e. The summed E-state index contributed by atoms with van der Waals surface area (Å²) in [6, 6.07) is 5.86.